The van der Waals surface area contributed by atoms with Gasteiger partial charge in [-0.1, -0.05) is 59.7 Å². The summed E-state index contributed by atoms with van der Waals surface area (Å²) in [7, 11) is -0.981. The minimum atomic E-state index is -0.981. The first-order valence-corrected chi connectivity index (χ1v) is 12.9. The van der Waals surface area contributed by atoms with Crippen molar-refractivity contribution in [2.75, 3.05) is 19.8 Å². The fourth-order valence-electron chi connectivity index (χ4n) is 1.35. The van der Waals surface area contributed by atoms with Gasteiger partial charge < -0.3 is 15.3 Å². The van der Waals surface area contributed by atoms with Crippen LogP contribution in [0.25, 0.3) is 0 Å². The van der Waals surface area contributed by atoms with Gasteiger partial charge >= 0.3 is 0 Å². The standard InChI is InChI=1S/C8H13Si.3C4H10O.Zr/c1-9(2,3)8-6-4-5-7-8;3*1-2-3-4-5;/h4-7H,1-3H3;3*5H,2-4H2,1H3;/q-1;;;;. The molecule has 0 heterocycles. The van der Waals surface area contributed by atoms with Crippen molar-refractivity contribution < 1.29 is 41.5 Å². The maximum atomic E-state index is 8.07. The predicted molar refractivity (Wildman–Crippen MR) is 111 cm³/mol. The quantitative estimate of drug-likeness (QED) is 0.429. The van der Waals surface area contributed by atoms with E-state index in [0.29, 0.717) is 19.8 Å². The third-order valence-corrected chi connectivity index (χ3v) is 5.13. The molecule has 0 spiro atoms. The Bertz CT molecular complexity index is 278. The smallest absolute Gasteiger partial charge is 0.0430 e. The largest absolute Gasteiger partial charge is 0.396 e. The Morgan fingerprint density at radius 1 is 0.680 bits per heavy atom. The molecule has 1 rings (SSSR count). The number of hydrogen-bond donors (Lipinski definition) is 3. The molecular formula is C20H43O3SiZr-. The van der Waals surface area contributed by atoms with Gasteiger partial charge in [0, 0.05) is 54.1 Å². The minimum absolute atomic E-state index is 0. The summed E-state index contributed by atoms with van der Waals surface area (Å²) < 4.78 is 0. The van der Waals surface area contributed by atoms with Gasteiger partial charge in [0.25, 0.3) is 0 Å². The summed E-state index contributed by atoms with van der Waals surface area (Å²) in [5.41, 5.74) is 0. The molecule has 3 N–H and O–H groups in total. The topological polar surface area (TPSA) is 60.7 Å². The van der Waals surface area contributed by atoms with E-state index in [1.54, 1.807) is 5.19 Å². The van der Waals surface area contributed by atoms with Crippen molar-refractivity contribution in [3.63, 3.8) is 0 Å². The number of hydrogen-bond acceptors (Lipinski definition) is 3. The molecule has 25 heavy (non-hydrogen) atoms. The van der Waals surface area contributed by atoms with Crippen LogP contribution in [0.4, 0.5) is 0 Å². The second-order valence-corrected chi connectivity index (χ2v) is 11.7. The van der Waals surface area contributed by atoms with Crippen LogP contribution in [0.1, 0.15) is 59.3 Å². The van der Waals surface area contributed by atoms with E-state index in [0.717, 1.165) is 38.5 Å². The van der Waals surface area contributed by atoms with Crippen molar-refractivity contribution in [3.05, 3.63) is 24.3 Å². The van der Waals surface area contributed by atoms with E-state index in [9.17, 15) is 0 Å². The van der Waals surface area contributed by atoms with E-state index in [4.69, 9.17) is 15.3 Å². The summed E-state index contributed by atoms with van der Waals surface area (Å²) in [6.07, 6.45) is 6.11. The van der Waals surface area contributed by atoms with Gasteiger partial charge in [0.05, 0.1) is 0 Å². The number of rotatable bonds is 7. The van der Waals surface area contributed by atoms with Crippen LogP contribution < -0.4 is 5.19 Å². The van der Waals surface area contributed by atoms with E-state index in [-0.39, 0.29) is 26.2 Å². The second-order valence-electron chi connectivity index (χ2n) is 6.66. The Balaban J connectivity index is -0.000000122. The van der Waals surface area contributed by atoms with Crippen molar-refractivity contribution >= 4 is 13.3 Å². The van der Waals surface area contributed by atoms with Gasteiger partial charge in [-0.2, -0.15) is 17.3 Å². The van der Waals surface area contributed by atoms with Gasteiger partial charge in [-0.05, 0) is 19.3 Å². The van der Waals surface area contributed by atoms with E-state index >= 15 is 0 Å². The maximum Gasteiger partial charge on any atom is 0.0430 e. The molecule has 0 saturated carbocycles. The SMILES string of the molecule is CCCCO.CCCCO.CCCCO.C[Si](C)(C)[c-]1cccc1.[Zr]. The van der Waals surface area contributed by atoms with Crippen molar-refractivity contribution in [1.29, 1.82) is 0 Å². The van der Waals surface area contributed by atoms with Crippen LogP contribution >= 0.6 is 0 Å². The molecule has 0 atom stereocenters. The summed E-state index contributed by atoms with van der Waals surface area (Å²) >= 11 is 0. The molecule has 0 aromatic heterocycles. The normalized spacial score (nSPS) is 9.32. The van der Waals surface area contributed by atoms with Gasteiger partial charge in [-0.25, -0.2) is 12.1 Å². The van der Waals surface area contributed by atoms with E-state index in [1.165, 1.54) is 0 Å². The second kappa shape index (κ2) is 26.6. The molecule has 5 heteroatoms. The molecule has 0 amide bonds. The third kappa shape index (κ3) is 32.5. The molecule has 0 radical (unpaired) electrons. The van der Waals surface area contributed by atoms with Gasteiger partial charge in [-0.3, -0.25) is 0 Å². The molecule has 0 aliphatic heterocycles. The molecule has 0 saturated heterocycles. The predicted octanol–water partition coefficient (Wildman–Crippen LogP) is 4.28. The first kappa shape index (κ1) is 33.0. The Labute approximate surface area is 177 Å². The molecule has 150 valence electrons. The first-order valence-electron chi connectivity index (χ1n) is 9.40. The number of aliphatic hydroxyl groups excluding tert-OH is 3. The zero-order valence-corrected chi connectivity index (χ0v) is 21.0. The molecule has 0 aliphatic carbocycles. The fraction of sp³-hybridized carbons (Fsp3) is 0.750. The van der Waals surface area contributed by atoms with Crippen LogP contribution in [0.5, 0.6) is 0 Å². The van der Waals surface area contributed by atoms with Crippen LogP contribution in [-0.2, 0) is 26.2 Å². The van der Waals surface area contributed by atoms with Gasteiger partial charge in [0.1, 0.15) is 0 Å². The average Bonchev–Trinajstić information content (AvgIpc) is 3.06. The van der Waals surface area contributed by atoms with Crippen LogP contribution in [0.3, 0.4) is 0 Å². The van der Waals surface area contributed by atoms with Gasteiger partial charge in [-0.15, -0.1) is 0 Å². The Morgan fingerprint density at radius 2 is 0.960 bits per heavy atom. The van der Waals surface area contributed by atoms with Gasteiger partial charge in [0.2, 0.25) is 0 Å². The maximum absolute atomic E-state index is 8.07. The first-order chi connectivity index (χ1) is 11.3. The van der Waals surface area contributed by atoms with Crippen LogP contribution in [0.2, 0.25) is 19.6 Å². The summed E-state index contributed by atoms with van der Waals surface area (Å²) in [5, 5.41) is 25.8. The van der Waals surface area contributed by atoms with Crippen LogP contribution in [0, 0.1) is 0 Å². The average molecular weight is 451 g/mol. The fourth-order valence-corrected chi connectivity index (χ4v) is 2.54. The summed E-state index contributed by atoms with van der Waals surface area (Å²) in [4.78, 5) is 0. The zero-order valence-electron chi connectivity index (χ0n) is 17.5. The van der Waals surface area contributed by atoms with Crippen molar-refractivity contribution in [2.24, 2.45) is 0 Å². The van der Waals surface area contributed by atoms with E-state index < -0.39 is 8.07 Å². The Morgan fingerprint density at radius 3 is 1.04 bits per heavy atom. The molecule has 0 bridgehead atoms. The van der Waals surface area contributed by atoms with Crippen molar-refractivity contribution in [3.8, 4) is 0 Å². The molecular weight excluding hydrogens is 408 g/mol. The Hall–Kier alpha value is 0.330. The molecule has 3 nitrogen and oxygen atoms in total. The molecule has 0 fully saturated rings. The molecule has 1 aromatic rings. The van der Waals surface area contributed by atoms with Crippen LogP contribution in [0.15, 0.2) is 24.3 Å². The summed E-state index contributed by atoms with van der Waals surface area (Å²) in [6, 6.07) is 8.69. The number of aliphatic hydroxyl groups is 3. The molecule has 0 aliphatic rings. The van der Waals surface area contributed by atoms with E-state index in [2.05, 4.69) is 64.7 Å². The minimum Gasteiger partial charge on any atom is -0.396 e. The molecule has 0 unspecified atom stereocenters. The van der Waals surface area contributed by atoms with Gasteiger partial charge in [0.15, 0.2) is 0 Å². The third-order valence-electron chi connectivity index (χ3n) is 3.06. The monoisotopic (exact) mass is 449 g/mol. The molecule has 1 aromatic carbocycles. The summed E-state index contributed by atoms with van der Waals surface area (Å²) in [6.45, 7) is 14.3. The Kier molecular flexibility index (Phi) is 35.0. The number of unbranched alkanes of at least 4 members (excludes halogenated alkanes) is 3. The van der Waals surface area contributed by atoms with Crippen molar-refractivity contribution in [1.82, 2.24) is 0 Å². The van der Waals surface area contributed by atoms with Crippen molar-refractivity contribution in [2.45, 2.75) is 78.9 Å². The van der Waals surface area contributed by atoms with Crippen LogP contribution in [-0.4, -0.2) is 43.2 Å². The van der Waals surface area contributed by atoms with E-state index in [1.807, 2.05) is 0 Å². The summed E-state index contributed by atoms with van der Waals surface area (Å²) in [5.74, 6) is 0. The zero-order chi connectivity index (χ0) is 19.3.